The molecule has 0 saturated heterocycles. The number of carbonyl (C=O) groups excluding carboxylic acids is 2. The van der Waals surface area contributed by atoms with Gasteiger partial charge in [-0.2, -0.15) is 5.26 Å². The van der Waals surface area contributed by atoms with Gasteiger partial charge in [-0.3, -0.25) is 4.79 Å². The smallest absolute Gasteiger partial charge is 0.339 e. The molecule has 0 bridgehead atoms. The molecule has 7 heteroatoms. The normalized spacial score (nSPS) is 10.6. The molecule has 0 aromatic heterocycles. The average Bonchev–Trinajstić information content (AvgIpc) is 2.67. The number of phenolic OH excluding ortho intramolecular Hbond substituents is 1. The van der Waals surface area contributed by atoms with E-state index in [1.165, 1.54) is 44.6 Å². The minimum absolute atomic E-state index is 0.110. The second kappa shape index (κ2) is 8.35. The van der Waals surface area contributed by atoms with Crippen molar-refractivity contribution in [2.24, 2.45) is 0 Å². The number of methoxy groups -OCH3 is 2. The Labute approximate surface area is 150 Å². The van der Waals surface area contributed by atoms with Gasteiger partial charge >= 0.3 is 5.97 Å². The van der Waals surface area contributed by atoms with Crippen molar-refractivity contribution < 1.29 is 24.2 Å². The van der Waals surface area contributed by atoms with Gasteiger partial charge in [-0.1, -0.05) is 12.1 Å². The van der Waals surface area contributed by atoms with Gasteiger partial charge < -0.3 is 19.9 Å². The minimum atomic E-state index is -0.730. The van der Waals surface area contributed by atoms with E-state index >= 15 is 0 Å². The lowest BCUT2D eigenvalue weighted by molar-refractivity contribution is -0.112. The van der Waals surface area contributed by atoms with Crippen molar-refractivity contribution in [3.05, 3.63) is 59.2 Å². The van der Waals surface area contributed by atoms with Crippen LogP contribution in [0.25, 0.3) is 6.08 Å². The van der Waals surface area contributed by atoms with Crippen molar-refractivity contribution in [1.29, 1.82) is 5.26 Å². The van der Waals surface area contributed by atoms with E-state index in [-0.39, 0.29) is 28.1 Å². The van der Waals surface area contributed by atoms with Gasteiger partial charge in [0.25, 0.3) is 5.91 Å². The Kier molecular flexibility index (Phi) is 5.96. The zero-order valence-corrected chi connectivity index (χ0v) is 14.1. The third-order valence-corrected chi connectivity index (χ3v) is 3.48. The molecule has 26 heavy (non-hydrogen) atoms. The van der Waals surface area contributed by atoms with Gasteiger partial charge in [0, 0.05) is 5.56 Å². The molecule has 0 unspecified atom stereocenters. The summed E-state index contributed by atoms with van der Waals surface area (Å²) in [5.74, 6) is -0.996. The molecule has 0 fully saturated rings. The van der Waals surface area contributed by atoms with Gasteiger partial charge in [0.15, 0.2) is 0 Å². The van der Waals surface area contributed by atoms with E-state index in [1.807, 2.05) is 0 Å². The fraction of sp³-hybridized carbons (Fsp3) is 0.105. The molecule has 0 aliphatic carbocycles. The number of carbonyl (C=O) groups is 2. The lowest BCUT2D eigenvalue weighted by Crippen LogP contribution is -2.16. The maximum atomic E-state index is 12.4. The highest BCUT2D eigenvalue weighted by molar-refractivity contribution is 6.12. The summed E-state index contributed by atoms with van der Waals surface area (Å²) in [7, 11) is 2.69. The standard InChI is InChI=1S/C19H16N2O5/c1-25-14-7-8-17(22)12(10-14)9-13(11-20)18(23)21-16-6-4-3-5-15(16)19(24)26-2/h3-10,22H,1-2H3,(H,21,23). The highest BCUT2D eigenvalue weighted by Crippen LogP contribution is 2.25. The van der Waals surface area contributed by atoms with Crippen molar-refractivity contribution in [1.82, 2.24) is 0 Å². The second-order valence-corrected chi connectivity index (χ2v) is 5.09. The fourth-order valence-electron chi connectivity index (χ4n) is 2.15. The molecule has 2 rings (SSSR count). The van der Waals surface area contributed by atoms with Crippen molar-refractivity contribution >= 4 is 23.6 Å². The summed E-state index contributed by atoms with van der Waals surface area (Å²) in [6.07, 6.45) is 1.23. The maximum absolute atomic E-state index is 12.4. The number of nitriles is 1. The van der Waals surface area contributed by atoms with E-state index in [0.29, 0.717) is 5.75 Å². The molecule has 2 aromatic carbocycles. The van der Waals surface area contributed by atoms with Gasteiger partial charge in [-0.05, 0) is 36.4 Å². The number of hydrogen-bond acceptors (Lipinski definition) is 6. The molecule has 0 saturated carbocycles. The zero-order valence-electron chi connectivity index (χ0n) is 14.1. The first-order chi connectivity index (χ1) is 12.5. The molecule has 2 aromatic rings. The van der Waals surface area contributed by atoms with E-state index < -0.39 is 11.9 Å². The molecule has 2 N–H and O–H groups in total. The van der Waals surface area contributed by atoms with Crippen LogP contribution in [0.4, 0.5) is 5.69 Å². The highest BCUT2D eigenvalue weighted by atomic mass is 16.5. The van der Waals surface area contributed by atoms with Gasteiger partial charge in [-0.25, -0.2) is 4.79 Å². The molecule has 0 heterocycles. The molecule has 1 amide bonds. The Morgan fingerprint density at radius 2 is 1.92 bits per heavy atom. The number of phenols is 1. The summed E-state index contributed by atoms with van der Waals surface area (Å²) < 4.78 is 9.73. The molecular formula is C19H16N2O5. The lowest BCUT2D eigenvalue weighted by Gasteiger charge is -2.09. The number of amides is 1. The first kappa shape index (κ1) is 18.5. The van der Waals surface area contributed by atoms with Crippen LogP contribution in [-0.2, 0) is 9.53 Å². The van der Waals surface area contributed by atoms with Crippen molar-refractivity contribution in [2.45, 2.75) is 0 Å². The molecule has 7 nitrogen and oxygen atoms in total. The van der Waals surface area contributed by atoms with E-state index in [4.69, 9.17) is 4.74 Å². The molecule has 0 aliphatic rings. The molecule has 0 radical (unpaired) electrons. The minimum Gasteiger partial charge on any atom is -0.507 e. The molecule has 0 aliphatic heterocycles. The largest absolute Gasteiger partial charge is 0.507 e. The summed E-state index contributed by atoms with van der Waals surface area (Å²) in [4.78, 5) is 24.2. The van der Waals surface area contributed by atoms with Crippen LogP contribution in [0.1, 0.15) is 15.9 Å². The van der Waals surface area contributed by atoms with Crippen LogP contribution in [0.5, 0.6) is 11.5 Å². The number of aromatic hydroxyl groups is 1. The monoisotopic (exact) mass is 352 g/mol. The quantitative estimate of drug-likeness (QED) is 0.486. The van der Waals surface area contributed by atoms with Gasteiger partial charge in [0.05, 0.1) is 25.5 Å². The SMILES string of the molecule is COC(=O)c1ccccc1NC(=O)C(C#N)=Cc1cc(OC)ccc1O. The van der Waals surface area contributed by atoms with Crippen LogP contribution in [0.2, 0.25) is 0 Å². The topological polar surface area (TPSA) is 109 Å². The van der Waals surface area contributed by atoms with Crippen LogP contribution in [0.3, 0.4) is 0 Å². The third-order valence-electron chi connectivity index (χ3n) is 3.48. The predicted octanol–water partition coefficient (Wildman–Crippen LogP) is 2.73. The van der Waals surface area contributed by atoms with Gasteiger partial charge in [-0.15, -0.1) is 0 Å². The van der Waals surface area contributed by atoms with Crippen molar-refractivity contribution in [2.75, 3.05) is 19.5 Å². The third kappa shape index (κ3) is 4.19. The summed E-state index contributed by atoms with van der Waals surface area (Å²) >= 11 is 0. The first-order valence-electron chi connectivity index (χ1n) is 7.47. The van der Waals surface area contributed by atoms with Gasteiger partial charge in [0.2, 0.25) is 0 Å². The number of nitrogens with one attached hydrogen (secondary N) is 1. The Hall–Kier alpha value is -3.79. The highest BCUT2D eigenvalue weighted by Gasteiger charge is 2.16. The van der Waals surface area contributed by atoms with E-state index in [1.54, 1.807) is 24.3 Å². The Morgan fingerprint density at radius 3 is 2.58 bits per heavy atom. The second-order valence-electron chi connectivity index (χ2n) is 5.09. The summed E-state index contributed by atoms with van der Waals surface area (Å²) in [6, 6.07) is 12.5. The fourth-order valence-corrected chi connectivity index (χ4v) is 2.15. The first-order valence-corrected chi connectivity index (χ1v) is 7.47. The number of hydrogen-bond donors (Lipinski definition) is 2. The van der Waals surface area contributed by atoms with Crippen LogP contribution in [-0.4, -0.2) is 31.2 Å². The van der Waals surface area contributed by atoms with Crippen LogP contribution in [0.15, 0.2) is 48.0 Å². The van der Waals surface area contributed by atoms with E-state index in [9.17, 15) is 20.0 Å². The summed E-state index contributed by atoms with van der Waals surface area (Å²) in [5.41, 5.74) is 0.357. The number of para-hydroxylation sites is 1. The van der Waals surface area contributed by atoms with E-state index in [0.717, 1.165) is 0 Å². The summed E-state index contributed by atoms with van der Waals surface area (Å²) in [6.45, 7) is 0. The number of rotatable bonds is 5. The van der Waals surface area contributed by atoms with Gasteiger partial charge in [0.1, 0.15) is 23.1 Å². The van der Waals surface area contributed by atoms with Crippen LogP contribution in [0, 0.1) is 11.3 Å². The summed E-state index contributed by atoms with van der Waals surface area (Å²) in [5, 5.41) is 21.7. The number of benzene rings is 2. The van der Waals surface area contributed by atoms with Crippen molar-refractivity contribution in [3.63, 3.8) is 0 Å². The molecule has 0 atom stereocenters. The number of nitrogens with zero attached hydrogens (tertiary/aromatic N) is 1. The predicted molar refractivity (Wildman–Crippen MR) is 94.7 cm³/mol. The Balaban J connectivity index is 2.34. The van der Waals surface area contributed by atoms with E-state index in [2.05, 4.69) is 10.1 Å². The Morgan fingerprint density at radius 1 is 1.19 bits per heavy atom. The average molecular weight is 352 g/mol. The van der Waals surface area contributed by atoms with Crippen molar-refractivity contribution in [3.8, 4) is 17.6 Å². The number of ether oxygens (including phenoxy) is 2. The zero-order chi connectivity index (χ0) is 19.1. The number of esters is 1. The molecule has 0 spiro atoms. The number of anilines is 1. The Bertz CT molecular complexity index is 912. The molecule has 132 valence electrons. The maximum Gasteiger partial charge on any atom is 0.339 e. The molecular weight excluding hydrogens is 336 g/mol. The lowest BCUT2D eigenvalue weighted by atomic mass is 10.1. The van der Waals surface area contributed by atoms with Crippen LogP contribution >= 0.6 is 0 Å². The van der Waals surface area contributed by atoms with Crippen LogP contribution < -0.4 is 10.1 Å².